The predicted molar refractivity (Wildman–Crippen MR) is 96.3 cm³/mol. The third-order valence-corrected chi connectivity index (χ3v) is 4.37. The van der Waals surface area contributed by atoms with E-state index in [4.69, 9.17) is 0 Å². The first kappa shape index (κ1) is 17.4. The summed E-state index contributed by atoms with van der Waals surface area (Å²) in [6.45, 7) is 8.33. The molecule has 0 fully saturated rings. The molecule has 132 valence electrons. The molecule has 0 radical (unpaired) electrons. The zero-order valence-electron chi connectivity index (χ0n) is 15.2. The summed E-state index contributed by atoms with van der Waals surface area (Å²) in [4.78, 5) is 6.42. The molecule has 2 heterocycles. The van der Waals surface area contributed by atoms with E-state index in [1.807, 2.05) is 51.0 Å². The molecule has 6 heteroatoms. The lowest BCUT2D eigenvalue weighted by atomic mass is 10.1. The number of rotatable bonds is 6. The molecule has 0 aliphatic heterocycles. The zero-order chi connectivity index (χ0) is 18.0. The fraction of sp³-hybridized carbons (Fsp3) is 0.368. The van der Waals surface area contributed by atoms with Gasteiger partial charge in [-0.3, -0.25) is 0 Å². The van der Waals surface area contributed by atoms with Crippen LogP contribution in [0.2, 0.25) is 0 Å². The van der Waals surface area contributed by atoms with Gasteiger partial charge in [0.15, 0.2) is 0 Å². The molecular weight excluding hydrogens is 317 g/mol. The van der Waals surface area contributed by atoms with E-state index >= 15 is 0 Å². The van der Waals surface area contributed by atoms with E-state index in [2.05, 4.69) is 19.5 Å². The average molecular weight is 341 g/mol. The fourth-order valence-corrected chi connectivity index (χ4v) is 3.05. The van der Waals surface area contributed by atoms with Gasteiger partial charge < -0.3 is 9.47 Å². The van der Waals surface area contributed by atoms with Gasteiger partial charge in [0.25, 0.3) is 0 Å². The second kappa shape index (κ2) is 7.19. The molecule has 0 aliphatic carbocycles. The lowest BCUT2D eigenvalue weighted by Gasteiger charge is -2.20. The third-order valence-electron chi connectivity index (χ3n) is 4.37. The van der Waals surface area contributed by atoms with Crippen LogP contribution < -0.4 is 0 Å². The first-order chi connectivity index (χ1) is 11.9. The van der Waals surface area contributed by atoms with Crippen molar-refractivity contribution in [3.8, 4) is 5.69 Å². The fourth-order valence-electron chi connectivity index (χ4n) is 3.05. The van der Waals surface area contributed by atoms with Crippen molar-refractivity contribution in [3.63, 3.8) is 0 Å². The molecule has 0 bridgehead atoms. The molecule has 0 saturated carbocycles. The molecule has 0 amide bonds. The van der Waals surface area contributed by atoms with Crippen LogP contribution in [-0.2, 0) is 13.1 Å². The average Bonchev–Trinajstić information content (AvgIpc) is 3.10. The Labute approximate surface area is 147 Å². The first-order valence-electron chi connectivity index (χ1n) is 8.42. The number of hydrogen-bond acceptors (Lipinski definition) is 3. The van der Waals surface area contributed by atoms with E-state index in [-0.39, 0.29) is 5.82 Å². The van der Waals surface area contributed by atoms with Crippen molar-refractivity contribution in [2.24, 2.45) is 0 Å². The molecule has 3 rings (SSSR count). The van der Waals surface area contributed by atoms with Gasteiger partial charge in [-0.2, -0.15) is 5.10 Å². The summed E-state index contributed by atoms with van der Waals surface area (Å²) < 4.78 is 17.8. The number of halogens is 1. The van der Waals surface area contributed by atoms with Crippen molar-refractivity contribution in [2.75, 3.05) is 13.6 Å². The van der Waals surface area contributed by atoms with Gasteiger partial charge in [-0.15, -0.1) is 0 Å². The highest BCUT2D eigenvalue weighted by Crippen LogP contribution is 2.20. The third kappa shape index (κ3) is 3.96. The van der Waals surface area contributed by atoms with Gasteiger partial charge in [0.05, 0.1) is 11.4 Å². The molecule has 0 N–H and O–H groups in total. The van der Waals surface area contributed by atoms with Crippen LogP contribution in [-0.4, -0.2) is 37.8 Å². The summed E-state index contributed by atoms with van der Waals surface area (Å²) in [6, 6.07) is 6.92. The summed E-state index contributed by atoms with van der Waals surface area (Å²) in [5.74, 6) is 0.779. The topological polar surface area (TPSA) is 38.9 Å². The minimum absolute atomic E-state index is 0.223. The van der Waals surface area contributed by atoms with Crippen LogP contribution in [0.4, 0.5) is 4.39 Å². The van der Waals surface area contributed by atoms with Crippen LogP contribution in [0.5, 0.6) is 0 Å². The number of benzene rings is 1. The summed E-state index contributed by atoms with van der Waals surface area (Å²) in [6.07, 6.45) is 3.79. The van der Waals surface area contributed by atoms with Crippen molar-refractivity contribution >= 4 is 0 Å². The van der Waals surface area contributed by atoms with E-state index in [1.54, 1.807) is 12.1 Å². The van der Waals surface area contributed by atoms with Gasteiger partial charge in [0.1, 0.15) is 11.6 Å². The van der Waals surface area contributed by atoms with Crippen LogP contribution in [0.15, 0.2) is 36.7 Å². The molecule has 0 unspecified atom stereocenters. The van der Waals surface area contributed by atoms with E-state index in [0.717, 1.165) is 41.6 Å². The second-order valence-electron chi connectivity index (χ2n) is 6.52. The van der Waals surface area contributed by atoms with E-state index in [9.17, 15) is 4.39 Å². The van der Waals surface area contributed by atoms with Crippen LogP contribution in [0.1, 0.15) is 22.8 Å². The number of hydrogen-bond donors (Lipinski definition) is 0. The quantitative estimate of drug-likeness (QED) is 0.691. The molecule has 1 aromatic carbocycles. The Morgan fingerprint density at radius 3 is 2.60 bits per heavy atom. The summed E-state index contributed by atoms with van der Waals surface area (Å²) in [5, 5.41) is 4.54. The highest BCUT2D eigenvalue weighted by atomic mass is 19.1. The van der Waals surface area contributed by atoms with Gasteiger partial charge in [0.2, 0.25) is 0 Å². The zero-order valence-corrected chi connectivity index (χ0v) is 15.2. The van der Waals surface area contributed by atoms with Gasteiger partial charge in [-0.1, -0.05) is 0 Å². The van der Waals surface area contributed by atoms with Gasteiger partial charge in [-0.25, -0.2) is 14.1 Å². The predicted octanol–water partition coefficient (Wildman–Crippen LogP) is 3.27. The monoisotopic (exact) mass is 341 g/mol. The maximum atomic E-state index is 13.8. The minimum Gasteiger partial charge on any atom is -0.334 e. The number of aromatic nitrogens is 4. The van der Waals surface area contributed by atoms with Crippen molar-refractivity contribution in [2.45, 2.75) is 33.9 Å². The van der Waals surface area contributed by atoms with Crippen LogP contribution in [0.25, 0.3) is 5.69 Å². The SMILES string of the molecule is Cc1cc(C)n(-c2ccc(F)cc2CN(C)CCn2ccnc2C)n1. The van der Waals surface area contributed by atoms with Crippen molar-refractivity contribution in [3.05, 3.63) is 65.3 Å². The van der Waals surface area contributed by atoms with Crippen molar-refractivity contribution in [1.29, 1.82) is 0 Å². The lowest BCUT2D eigenvalue weighted by Crippen LogP contribution is -2.24. The Kier molecular flexibility index (Phi) is 4.99. The molecular formula is C19H24FN5. The van der Waals surface area contributed by atoms with E-state index < -0.39 is 0 Å². The molecule has 0 aliphatic rings. The normalized spacial score (nSPS) is 11.4. The molecule has 2 aromatic heterocycles. The Bertz CT molecular complexity index is 865. The summed E-state index contributed by atoms with van der Waals surface area (Å²) >= 11 is 0. The largest absolute Gasteiger partial charge is 0.334 e. The van der Waals surface area contributed by atoms with Crippen molar-refractivity contribution in [1.82, 2.24) is 24.2 Å². The molecule has 3 aromatic rings. The second-order valence-corrected chi connectivity index (χ2v) is 6.52. The van der Waals surface area contributed by atoms with Crippen LogP contribution in [0.3, 0.4) is 0 Å². The van der Waals surface area contributed by atoms with Gasteiger partial charge >= 0.3 is 0 Å². The molecule has 5 nitrogen and oxygen atoms in total. The standard InChI is InChI=1S/C19H24FN5/c1-14-11-15(2)25(22-14)19-6-5-18(20)12-17(19)13-23(4)9-10-24-8-7-21-16(24)3/h5-8,11-12H,9-10,13H2,1-4H3. The van der Waals surface area contributed by atoms with Crippen molar-refractivity contribution < 1.29 is 4.39 Å². The Hall–Kier alpha value is -2.47. The lowest BCUT2D eigenvalue weighted by molar-refractivity contribution is 0.309. The maximum absolute atomic E-state index is 13.8. The number of aryl methyl sites for hydroxylation is 3. The molecule has 0 atom stereocenters. The van der Waals surface area contributed by atoms with Crippen LogP contribution >= 0.6 is 0 Å². The Balaban J connectivity index is 1.78. The number of likely N-dealkylation sites (N-methyl/N-ethyl adjacent to an activating group) is 1. The van der Waals surface area contributed by atoms with E-state index in [1.165, 1.54) is 6.07 Å². The smallest absolute Gasteiger partial charge is 0.123 e. The van der Waals surface area contributed by atoms with Gasteiger partial charge in [0, 0.05) is 37.7 Å². The molecule has 0 saturated heterocycles. The maximum Gasteiger partial charge on any atom is 0.123 e. The summed E-state index contributed by atoms with van der Waals surface area (Å²) in [5.41, 5.74) is 3.85. The Morgan fingerprint density at radius 2 is 1.96 bits per heavy atom. The Morgan fingerprint density at radius 1 is 1.16 bits per heavy atom. The molecule has 25 heavy (non-hydrogen) atoms. The van der Waals surface area contributed by atoms with E-state index in [0.29, 0.717) is 6.54 Å². The number of imidazole rings is 1. The first-order valence-corrected chi connectivity index (χ1v) is 8.42. The minimum atomic E-state index is -0.223. The highest BCUT2D eigenvalue weighted by molar-refractivity contribution is 5.42. The molecule has 0 spiro atoms. The summed E-state index contributed by atoms with van der Waals surface area (Å²) in [7, 11) is 2.04. The van der Waals surface area contributed by atoms with Gasteiger partial charge in [-0.05, 0) is 57.6 Å². The van der Waals surface area contributed by atoms with Crippen LogP contribution in [0, 0.1) is 26.6 Å². The number of nitrogens with zero attached hydrogens (tertiary/aromatic N) is 5. The highest BCUT2D eigenvalue weighted by Gasteiger charge is 2.12.